The van der Waals surface area contributed by atoms with Crippen LogP contribution in [0.3, 0.4) is 0 Å². The standard InChI is InChI=1S/C18H27N5O2/c1-2-22-11-3-4-17(22)13-20-18(21-15-7-8-15)19-12-14-5-9-16(10-6-14)23(24)25/h5-6,9-10,15,17H,2-4,7-8,11-13H2,1H3,(H2,19,20,21). The summed E-state index contributed by atoms with van der Waals surface area (Å²) >= 11 is 0. The van der Waals surface area contributed by atoms with Gasteiger partial charge in [-0.3, -0.25) is 15.0 Å². The highest BCUT2D eigenvalue weighted by Crippen LogP contribution is 2.19. The van der Waals surface area contributed by atoms with E-state index < -0.39 is 0 Å². The number of benzene rings is 1. The number of nitrogens with zero attached hydrogens (tertiary/aromatic N) is 3. The summed E-state index contributed by atoms with van der Waals surface area (Å²) in [5.41, 5.74) is 1.08. The maximum Gasteiger partial charge on any atom is 0.269 e. The summed E-state index contributed by atoms with van der Waals surface area (Å²) in [7, 11) is 0. The summed E-state index contributed by atoms with van der Waals surface area (Å²) in [6.07, 6.45) is 4.90. The molecule has 1 saturated heterocycles. The van der Waals surface area contributed by atoms with Gasteiger partial charge in [-0.15, -0.1) is 0 Å². The van der Waals surface area contributed by atoms with Crippen LogP contribution in [0.2, 0.25) is 0 Å². The molecule has 1 heterocycles. The quantitative estimate of drug-likeness (QED) is 0.343. The molecule has 0 radical (unpaired) electrons. The number of nitro groups is 1. The van der Waals surface area contributed by atoms with Crippen molar-refractivity contribution in [3.63, 3.8) is 0 Å². The van der Waals surface area contributed by atoms with Gasteiger partial charge in [0.1, 0.15) is 0 Å². The summed E-state index contributed by atoms with van der Waals surface area (Å²) in [6, 6.07) is 7.72. The number of aliphatic imine (C=N–C) groups is 1. The van der Waals surface area contributed by atoms with Crippen LogP contribution >= 0.6 is 0 Å². The fourth-order valence-electron chi connectivity index (χ4n) is 3.22. The third kappa shape index (κ3) is 5.16. The van der Waals surface area contributed by atoms with Gasteiger partial charge in [-0.25, -0.2) is 4.99 Å². The van der Waals surface area contributed by atoms with Crippen LogP contribution in [-0.2, 0) is 6.54 Å². The fourth-order valence-corrected chi connectivity index (χ4v) is 3.22. The van der Waals surface area contributed by atoms with Crippen LogP contribution in [0.15, 0.2) is 29.3 Å². The van der Waals surface area contributed by atoms with Crippen molar-refractivity contribution in [2.75, 3.05) is 19.6 Å². The summed E-state index contributed by atoms with van der Waals surface area (Å²) < 4.78 is 0. The molecule has 136 valence electrons. The smallest absolute Gasteiger partial charge is 0.269 e. The number of nitrogens with one attached hydrogen (secondary N) is 2. The van der Waals surface area contributed by atoms with E-state index in [4.69, 9.17) is 0 Å². The monoisotopic (exact) mass is 345 g/mol. The van der Waals surface area contributed by atoms with Crippen molar-refractivity contribution in [1.82, 2.24) is 15.5 Å². The number of nitro benzene ring substituents is 1. The second-order valence-corrected chi connectivity index (χ2v) is 6.81. The Morgan fingerprint density at radius 1 is 1.32 bits per heavy atom. The third-order valence-corrected chi connectivity index (χ3v) is 4.90. The van der Waals surface area contributed by atoms with Crippen LogP contribution < -0.4 is 10.6 Å². The molecule has 1 saturated carbocycles. The van der Waals surface area contributed by atoms with E-state index in [2.05, 4.69) is 27.4 Å². The molecule has 2 aliphatic rings. The first-order valence-corrected chi connectivity index (χ1v) is 9.18. The van der Waals surface area contributed by atoms with Crippen LogP contribution in [0.5, 0.6) is 0 Å². The van der Waals surface area contributed by atoms with Gasteiger partial charge in [-0.1, -0.05) is 19.1 Å². The molecule has 1 unspecified atom stereocenters. The van der Waals surface area contributed by atoms with Crippen LogP contribution in [0, 0.1) is 10.1 Å². The Morgan fingerprint density at radius 3 is 2.72 bits per heavy atom. The van der Waals surface area contributed by atoms with E-state index in [0.29, 0.717) is 18.6 Å². The number of likely N-dealkylation sites (tertiary alicyclic amines) is 1. The van der Waals surface area contributed by atoms with Crippen molar-refractivity contribution in [1.29, 1.82) is 0 Å². The summed E-state index contributed by atoms with van der Waals surface area (Å²) in [4.78, 5) is 17.5. The Morgan fingerprint density at radius 2 is 2.08 bits per heavy atom. The highest BCUT2D eigenvalue weighted by molar-refractivity contribution is 5.80. The molecule has 0 amide bonds. The molecule has 1 aromatic carbocycles. The number of hydrogen-bond donors (Lipinski definition) is 2. The van der Waals surface area contributed by atoms with E-state index in [1.165, 1.54) is 44.4 Å². The Bertz CT molecular complexity index is 612. The molecule has 3 rings (SSSR count). The SMILES string of the molecule is CCN1CCCC1CNC(=NCc1ccc([N+](=O)[O-])cc1)NC1CC1. The van der Waals surface area contributed by atoms with Crippen LogP contribution in [0.25, 0.3) is 0 Å². The Hall–Kier alpha value is -2.15. The molecule has 2 N–H and O–H groups in total. The fraction of sp³-hybridized carbons (Fsp3) is 0.611. The van der Waals surface area contributed by atoms with E-state index in [9.17, 15) is 10.1 Å². The van der Waals surface area contributed by atoms with Gasteiger partial charge < -0.3 is 10.6 Å². The summed E-state index contributed by atoms with van der Waals surface area (Å²) in [5.74, 6) is 0.851. The first kappa shape index (κ1) is 17.7. The predicted molar refractivity (Wildman–Crippen MR) is 98.7 cm³/mol. The zero-order chi connectivity index (χ0) is 17.6. The lowest BCUT2D eigenvalue weighted by atomic mass is 10.2. The number of guanidine groups is 1. The lowest BCUT2D eigenvalue weighted by Crippen LogP contribution is -2.45. The highest BCUT2D eigenvalue weighted by atomic mass is 16.6. The number of likely N-dealkylation sites (N-methyl/N-ethyl adjacent to an activating group) is 1. The molecule has 0 spiro atoms. The van der Waals surface area contributed by atoms with Crippen LogP contribution in [0.1, 0.15) is 38.2 Å². The lowest BCUT2D eigenvalue weighted by Gasteiger charge is -2.24. The molecule has 1 aromatic rings. The van der Waals surface area contributed by atoms with E-state index in [0.717, 1.165) is 24.6 Å². The maximum atomic E-state index is 10.7. The molecule has 0 bridgehead atoms. The van der Waals surface area contributed by atoms with Gasteiger partial charge in [-0.2, -0.15) is 0 Å². The third-order valence-electron chi connectivity index (χ3n) is 4.90. The predicted octanol–water partition coefficient (Wildman–Crippen LogP) is 2.28. The molecule has 2 fully saturated rings. The number of non-ortho nitro benzene ring substituents is 1. The summed E-state index contributed by atoms with van der Waals surface area (Å²) in [5, 5.41) is 17.7. The van der Waals surface area contributed by atoms with Crippen molar-refractivity contribution in [3.8, 4) is 0 Å². The average molecular weight is 345 g/mol. The minimum Gasteiger partial charge on any atom is -0.355 e. The molecule has 1 aliphatic heterocycles. The Labute approximate surface area is 148 Å². The molecule has 0 aromatic heterocycles. The van der Waals surface area contributed by atoms with Gasteiger partial charge in [0.25, 0.3) is 5.69 Å². The van der Waals surface area contributed by atoms with Crippen molar-refractivity contribution >= 4 is 11.6 Å². The van der Waals surface area contributed by atoms with Crippen LogP contribution in [-0.4, -0.2) is 47.5 Å². The topological polar surface area (TPSA) is 82.8 Å². The Balaban J connectivity index is 1.57. The van der Waals surface area contributed by atoms with Gasteiger partial charge in [0.15, 0.2) is 5.96 Å². The molecular weight excluding hydrogens is 318 g/mol. The van der Waals surface area contributed by atoms with Crippen molar-refractivity contribution < 1.29 is 4.92 Å². The van der Waals surface area contributed by atoms with Crippen molar-refractivity contribution in [3.05, 3.63) is 39.9 Å². The highest BCUT2D eigenvalue weighted by Gasteiger charge is 2.25. The van der Waals surface area contributed by atoms with Gasteiger partial charge in [0, 0.05) is 30.8 Å². The van der Waals surface area contributed by atoms with Gasteiger partial charge in [0.05, 0.1) is 11.5 Å². The first-order valence-electron chi connectivity index (χ1n) is 9.18. The molecule has 1 aliphatic carbocycles. The molecule has 7 heteroatoms. The zero-order valence-electron chi connectivity index (χ0n) is 14.8. The van der Waals surface area contributed by atoms with E-state index in [-0.39, 0.29) is 10.6 Å². The van der Waals surface area contributed by atoms with E-state index >= 15 is 0 Å². The van der Waals surface area contributed by atoms with E-state index in [1.54, 1.807) is 12.1 Å². The molecule has 7 nitrogen and oxygen atoms in total. The van der Waals surface area contributed by atoms with Gasteiger partial charge >= 0.3 is 0 Å². The average Bonchev–Trinajstić information content (AvgIpc) is 3.32. The molecule has 25 heavy (non-hydrogen) atoms. The van der Waals surface area contributed by atoms with Gasteiger partial charge in [0.2, 0.25) is 0 Å². The molecular formula is C18H27N5O2. The second-order valence-electron chi connectivity index (χ2n) is 6.81. The van der Waals surface area contributed by atoms with Crippen LogP contribution in [0.4, 0.5) is 5.69 Å². The maximum absolute atomic E-state index is 10.7. The largest absolute Gasteiger partial charge is 0.355 e. The first-order chi connectivity index (χ1) is 12.2. The second kappa shape index (κ2) is 8.29. The Kier molecular flexibility index (Phi) is 5.86. The normalized spacial score (nSPS) is 21.3. The van der Waals surface area contributed by atoms with E-state index in [1.807, 2.05) is 0 Å². The molecule has 1 atom stereocenters. The van der Waals surface area contributed by atoms with Crippen molar-refractivity contribution in [2.24, 2.45) is 4.99 Å². The van der Waals surface area contributed by atoms with Crippen molar-refractivity contribution in [2.45, 2.75) is 51.2 Å². The summed E-state index contributed by atoms with van der Waals surface area (Å²) in [6.45, 7) is 5.92. The minimum absolute atomic E-state index is 0.114. The zero-order valence-corrected chi connectivity index (χ0v) is 14.8. The minimum atomic E-state index is -0.379. The number of hydrogen-bond acceptors (Lipinski definition) is 4. The lowest BCUT2D eigenvalue weighted by molar-refractivity contribution is -0.384. The number of rotatable bonds is 7. The van der Waals surface area contributed by atoms with Gasteiger partial charge in [-0.05, 0) is 44.3 Å².